The molecule has 2 heterocycles. The maximum atomic E-state index is 3.86. The second-order valence-corrected chi connectivity index (χ2v) is 6.37. The molecule has 1 unspecified atom stereocenters. The van der Waals surface area contributed by atoms with E-state index >= 15 is 0 Å². The fourth-order valence-electron chi connectivity index (χ4n) is 2.59. The van der Waals surface area contributed by atoms with Crippen molar-refractivity contribution in [2.24, 2.45) is 5.92 Å². The average Bonchev–Trinajstić information content (AvgIpc) is 3.01. The monoisotopic (exact) mass is 296 g/mol. The summed E-state index contributed by atoms with van der Waals surface area (Å²) >= 11 is 1.83. The van der Waals surface area contributed by atoms with Gasteiger partial charge < -0.3 is 5.32 Å². The van der Waals surface area contributed by atoms with Gasteiger partial charge in [0.1, 0.15) is 12.7 Å². The zero-order valence-electron chi connectivity index (χ0n) is 11.5. The molecule has 2 aromatic heterocycles. The first-order valence-corrected chi connectivity index (χ1v) is 8.03. The van der Waals surface area contributed by atoms with Gasteiger partial charge in [0.05, 0.1) is 11.7 Å². The Hall–Kier alpha value is -2.14. The van der Waals surface area contributed by atoms with E-state index in [0.29, 0.717) is 6.04 Å². The van der Waals surface area contributed by atoms with E-state index in [4.69, 9.17) is 0 Å². The van der Waals surface area contributed by atoms with E-state index in [-0.39, 0.29) is 0 Å². The number of rotatable bonds is 5. The fourth-order valence-corrected chi connectivity index (χ4v) is 3.46. The summed E-state index contributed by atoms with van der Waals surface area (Å²) in [6.45, 7) is 0. The first kappa shape index (κ1) is 12.6. The first-order valence-electron chi connectivity index (χ1n) is 7.15. The summed E-state index contributed by atoms with van der Waals surface area (Å²) in [6.07, 6.45) is 6.08. The molecule has 1 N–H and O–H groups in total. The lowest BCUT2D eigenvalue weighted by atomic mass is 10.1. The summed E-state index contributed by atoms with van der Waals surface area (Å²) in [7, 11) is 0. The van der Waals surface area contributed by atoms with Gasteiger partial charge in [-0.3, -0.25) is 4.57 Å². The van der Waals surface area contributed by atoms with E-state index in [2.05, 4.69) is 57.3 Å². The number of anilines is 1. The lowest BCUT2D eigenvalue weighted by molar-refractivity contribution is 0.691. The van der Waals surface area contributed by atoms with Gasteiger partial charge in [-0.05, 0) is 48.4 Å². The van der Waals surface area contributed by atoms with Gasteiger partial charge >= 0.3 is 0 Å². The van der Waals surface area contributed by atoms with Gasteiger partial charge in [-0.2, -0.15) is 0 Å². The number of aromatic nitrogens is 3. The topological polar surface area (TPSA) is 42.7 Å². The molecular weight excluding hydrogens is 280 g/mol. The molecular formula is C16H16N4S. The van der Waals surface area contributed by atoms with Gasteiger partial charge in [0.25, 0.3) is 0 Å². The minimum atomic E-state index is 0.432. The van der Waals surface area contributed by atoms with Crippen LogP contribution in [0.3, 0.4) is 0 Å². The molecule has 1 fully saturated rings. The van der Waals surface area contributed by atoms with Crippen LogP contribution in [0, 0.1) is 5.92 Å². The zero-order chi connectivity index (χ0) is 14.1. The molecule has 0 aliphatic heterocycles. The van der Waals surface area contributed by atoms with E-state index in [1.807, 2.05) is 15.9 Å². The Balaban J connectivity index is 1.60. The van der Waals surface area contributed by atoms with Crippen molar-refractivity contribution in [3.63, 3.8) is 0 Å². The highest BCUT2D eigenvalue weighted by Gasteiger charge is 2.32. The highest BCUT2D eigenvalue weighted by Crippen LogP contribution is 2.44. The second kappa shape index (κ2) is 5.33. The maximum Gasteiger partial charge on any atom is 0.123 e. The quantitative estimate of drug-likeness (QED) is 0.776. The van der Waals surface area contributed by atoms with Crippen LogP contribution in [0.4, 0.5) is 5.69 Å². The fraction of sp³-hybridized carbons (Fsp3) is 0.250. The molecule has 21 heavy (non-hydrogen) atoms. The van der Waals surface area contributed by atoms with Gasteiger partial charge in [0.2, 0.25) is 0 Å². The summed E-state index contributed by atoms with van der Waals surface area (Å²) in [5.74, 6) is 0.766. The lowest BCUT2D eigenvalue weighted by Crippen LogP contribution is -2.11. The summed E-state index contributed by atoms with van der Waals surface area (Å²) in [5, 5.41) is 13.6. The summed E-state index contributed by atoms with van der Waals surface area (Å²) in [5.41, 5.74) is 2.22. The van der Waals surface area contributed by atoms with Crippen molar-refractivity contribution in [2.75, 3.05) is 5.32 Å². The molecule has 0 bridgehead atoms. The van der Waals surface area contributed by atoms with Crippen LogP contribution >= 0.6 is 11.3 Å². The van der Waals surface area contributed by atoms with E-state index in [9.17, 15) is 0 Å². The molecule has 0 spiro atoms. The van der Waals surface area contributed by atoms with Crippen LogP contribution in [0.1, 0.15) is 23.8 Å². The van der Waals surface area contributed by atoms with Gasteiger partial charge in [-0.25, -0.2) is 0 Å². The van der Waals surface area contributed by atoms with Crippen molar-refractivity contribution in [1.82, 2.24) is 14.8 Å². The van der Waals surface area contributed by atoms with Crippen molar-refractivity contribution in [2.45, 2.75) is 18.9 Å². The average molecular weight is 296 g/mol. The van der Waals surface area contributed by atoms with E-state index in [0.717, 1.165) is 17.3 Å². The molecule has 106 valence electrons. The predicted octanol–water partition coefficient (Wildman–Crippen LogP) is 3.89. The lowest BCUT2D eigenvalue weighted by Gasteiger charge is -2.19. The van der Waals surface area contributed by atoms with Crippen LogP contribution in [-0.4, -0.2) is 14.8 Å². The Morgan fingerprint density at radius 3 is 2.71 bits per heavy atom. The van der Waals surface area contributed by atoms with Crippen molar-refractivity contribution < 1.29 is 0 Å². The van der Waals surface area contributed by atoms with E-state index in [1.165, 1.54) is 17.7 Å². The molecule has 1 aromatic carbocycles. The molecule has 1 saturated carbocycles. The molecule has 1 aliphatic carbocycles. The highest BCUT2D eigenvalue weighted by atomic mass is 32.1. The van der Waals surface area contributed by atoms with Crippen LogP contribution in [0.25, 0.3) is 5.69 Å². The third-order valence-corrected chi connectivity index (χ3v) is 4.78. The van der Waals surface area contributed by atoms with Gasteiger partial charge in [-0.15, -0.1) is 21.5 Å². The number of thiophene rings is 1. The zero-order valence-corrected chi connectivity index (χ0v) is 12.3. The van der Waals surface area contributed by atoms with Gasteiger partial charge in [-0.1, -0.05) is 12.1 Å². The van der Waals surface area contributed by atoms with Gasteiger partial charge in [0, 0.05) is 10.6 Å². The molecule has 3 aromatic rings. The Morgan fingerprint density at radius 1 is 1.14 bits per heavy atom. The molecule has 1 aliphatic rings. The Morgan fingerprint density at radius 2 is 2.00 bits per heavy atom. The first-order chi connectivity index (χ1) is 10.4. The predicted molar refractivity (Wildman–Crippen MR) is 84.8 cm³/mol. The van der Waals surface area contributed by atoms with Crippen LogP contribution in [-0.2, 0) is 0 Å². The summed E-state index contributed by atoms with van der Waals surface area (Å²) < 4.78 is 1.92. The van der Waals surface area contributed by atoms with Crippen LogP contribution in [0.15, 0.2) is 54.4 Å². The minimum absolute atomic E-state index is 0.432. The Kier molecular flexibility index (Phi) is 3.20. The second-order valence-electron chi connectivity index (χ2n) is 5.39. The van der Waals surface area contributed by atoms with E-state index in [1.54, 1.807) is 12.7 Å². The summed E-state index contributed by atoms with van der Waals surface area (Å²) in [4.78, 5) is 1.42. The third-order valence-electron chi connectivity index (χ3n) is 3.83. The van der Waals surface area contributed by atoms with Crippen LogP contribution < -0.4 is 5.32 Å². The van der Waals surface area contributed by atoms with E-state index < -0.39 is 0 Å². The SMILES string of the molecule is c1cc(NC(c2cccs2)C2CC2)cc(-n2cnnc2)c1. The molecule has 0 amide bonds. The largest absolute Gasteiger partial charge is 0.377 e. The molecule has 5 heteroatoms. The van der Waals surface area contributed by atoms with Crippen LogP contribution in [0.5, 0.6) is 0 Å². The number of hydrogen-bond donors (Lipinski definition) is 1. The van der Waals surface area contributed by atoms with Crippen molar-refractivity contribution in [3.05, 3.63) is 59.3 Å². The Bertz CT molecular complexity index is 702. The molecule has 4 nitrogen and oxygen atoms in total. The number of hydrogen-bond acceptors (Lipinski definition) is 4. The molecule has 1 atom stereocenters. The third kappa shape index (κ3) is 2.69. The van der Waals surface area contributed by atoms with Crippen molar-refractivity contribution in [1.29, 1.82) is 0 Å². The number of nitrogens with one attached hydrogen (secondary N) is 1. The van der Waals surface area contributed by atoms with Crippen molar-refractivity contribution >= 4 is 17.0 Å². The van der Waals surface area contributed by atoms with Crippen LogP contribution in [0.2, 0.25) is 0 Å². The smallest absolute Gasteiger partial charge is 0.123 e. The van der Waals surface area contributed by atoms with Gasteiger partial charge in [0.15, 0.2) is 0 Å². The Labute approximate surface area is 127 Å². The molecule has 4 rings (SSSR count). The van der Waals surface area contributed by atoms with Crippen molar-refractivity contribution in [3.8, 4) is 5.69 Å². The number of benzene rings is 1. The molecule has 0 saturated heterocycles. The summed E-state index contributed by atoms with van der Waals surface area (Å²) in [6, 6.07) is 13.2. The molecule has 0 radical (unpaired) electrons. The normalized spacial score (nSPS) is 15.8. The highest BCUT2D eigenvalue weighted by molar-refractivity contribution is 7.10. The minimum Gasteiger partial charge on any atom is -0.377 e. The standard InChI is InChI=1S/C16H16N4S/c1-3-13(9-14(4-1)20-10-17-18-11-20)19-16(12-6-7-12)15-5-2-8-21-15/h1-5,8-12,16,19H,6-7H2. The number of nitrogens with zero attached hydrogens (tertiary/aromatic N) is 3. The maximum absolute atomic E-state index is 3.86.